The SMILES string of the molecule is CCC(C)Oc1cccc(NC(=O)C23CC4CC(CC(C4)C2)C3)c1. The second kappa shape index (κ2) is 6.09. The van der Waals surface area contributed by atoms with Crippen molar-refractivity contribution in [2.45, 2.75) is 64.9 Å². The molecule has 1 N–H and O–H groups in total. The van der Waals surface area contributed by atoms with Crippen molar-refractivity contribution < 1.29 is 9.53 Å². The highest BCUT2D eigenvalue weighted by Gasteiger charge is 2.54. The van der Waals surface area contributed by atoms with Gasteiger partial charge in [0.25, 0.3) is 0 Å². The van der Waals surface area contributed by atoms with Crippen LogP contribution in [0.1, 0.15) is 58.8 Å². The van der Waals surface area contributed by atoms with Crippen LogP contribution in [0.5, 0.6) is 5.75 Å². The highest BCUT2D eigenvalue weighted by atomic mass is 16.5. The molecule has 0 spiro atoms. The van der Waals surface area contributed by atoms with Gasteiger partial charge in [-0.3, -0.25) is 4.79 Å². The molecule has 0 heterocycles. The fourth-order valence-corrected chi connectivity index (χ4v) is 5.62. The molecule has 1 unspecified atom stereocenters. The number of amides is 1. The summed E-state index contributed by atoms with van der Waals surface area (Å²) in [5.74, 6) is 3.47. The smallest absolute Gasteiger partial charge is 0.230 e. The molecule has 0 radical (unpaired) electrons. The number of ether oxygens (including phenoxy) is 1. The van der Waals surface area contributed by atoms with E-state index in [-0.39, 0.29) is 17.4 Å². The van der Waals surface area contributed by atoms with Crippen molar-refractivity contribution in [3.8, 4) is 5.75 Å². The Balaban J connectivity index is 1.47. The largest absolute Gasteiger partial charge is 0.491 e. The zero-order valence-electron chi connectivity index (χ0n) is 14.9. The third-order valence-corrected chi connectivity index (χ3v) is 6.52. The Morgan fingerprint density at radius 2 is 1.83 bits per heavy atom. The molecule has 1 amide bonds. The Labute approximate surface area is 145 Å². The van der Waals surface area contributed by atoms with Crippen molar-refractivity contribution in [3.05, 3.63) is 24.3 Å². The van der Waals surface area contributed by atoms with Gasteiger partial charge in [0.1, 0.15) is 5.75 Å². The van der Waals surface area contributed by atoms with E-state index in [4.69, 9.17) is 4.74 Å². The van der Waals surface area contributed by atoms with Crippen molar-refractivity contribution in [2.24, 2.45) is 23.2 Å². The van der Waals surface area contributed by atoms with Crippen molar-refractivity contribution in [1.29, 1.82) is 0 Å². The van der Waals surface area contributed by atoms with Crippen LogP contribution in [-0.4, -0.2) is 12.0 Å². The van der Waals surface area contributed by atoms with Gasteiger partial charge < -0.3 is 10.1 Å². The first-order chi connectivity index (χ1) is 11.6. The summed E-state index contributed by atoms with van der Waals surface area (Å²) in [5.41, 5.74) is 0.777. The fraction of sp³-hybridized carbons (Fsp3) is 0.667. The quantitative estimate of drug-likeness (QED) is 0.824. The average Bonchev–Trinajstić information content (AvgIpc) is 2.53. The third kappa shape index (κ3) is 2.94. The van der Waals surface area contributed by atoms with Crippen LogP contribution in [0.2, 0.25) is 0 Å². The summed E-state index contributed by atoms with van der Waals surface area (Å²) in [7, 11) is 0. The summed E-state index contributed by atoms with van der Waals surface area (Å²) in [6, 6.07) is 7.87. The summed E-state index contributed by atoms with van der Waals surface area (Å²) >= 11 is 0. The predicted octanol–water partition coefficient (Wildman–Crippen LogP) is 5.02. The van der Waals surface area contributed by atoms with Crippen LogP contribution in [0, 0.1) is 23.2 Å². The molecule has 1 aromatic rings. The van der Waals surface area contributed by atoms with Crippen LogP contribution in [0.15, 0.2) is 24.3 Å². The number of anilines is 1. The maximum Gasteiger partial charge on any atom is 0.230 e. The molecule has 4 bridgehead atoms. The Morgan fingerprint density at radius 1 is 1.21 bits per heavy atom. The number of hydrogen-bond donors (Lipinski definition) is 1. The number of rotatable bonds is 5. The molecular weight excluding hydrogens is 298 g/mol. The Morgan fingerprint density at radius 3 is 2.42 bits per heavy atom. The molecule has 4 aliphatic carbocycles. The first kappa shape index (κ1) is 16.0. The molecule has 4 saturated carbocycles. The summed E-state index contributed by atoms with van der Waals surface area (Å²) in [6.07, 6.45) is 8.58. The first-order valence-electron chi connectivity index (χ1n) is 9.64. The lowest BCUT2D eigenvalue weighted by atomic mass is 9.49. The van der Waals surface area contributed by atoms with E-state index in [1.165, 1.54) is 19.3 Å². The Bertz CT molecular complexity index is 589. The van der Waals surface area contributed by atoms with Gasteiger partial charge in [0.2, 0.25) is 5.91 Å². The van der Waals surface area contributed by atoms with Crippen molar-refractivity contribution in [2.75, 3.05) is 5.32 Å². The number of hydrogen-bond acceptors (Lipinski definition) is 2. The summed E-state index contributed by atoms with van der Waals surface area (Å²) in [6.45, 7) is 4.18. The van der Waals surface area contributed by atoms with Gasteiger partial charge in [-0.1, -0.05) is 13.0 Å². The highest BCUT2D eigenvalue weighted by molar-refractivity contribution is 5.95. The maximum absolute atomic E-state index is 13.1. The molecule has 3 nitrogen and oxygen atoms in total. The minimum atomic E-state index is -0.0949. The maximum atomic E-state index is 13.1. The minimum absolute atomic E-state index is 0.0949. The molecule has 4 fully saturated rings. The van der Waals surface area contributed by atoms with E-state index < -0.39 is 0 Å². The van der Waals surface area contributed by atoms with Crippen LogP contribution in [-0.2, 0) is 4.79 Å². The van der Waals surface area contributed by atoms with Crippen LogP contribution >= 0.6 is 0 Å². The lowest BCUT2D eigenvalue weighted by molar-refractivity contribution is -0.140. The van der Waals surface area contributed by atoms with Gasteiger partial charge in [-0.2, -0.15) is 0 Å². The van der Waals surface area contributed by atoms with E-state index in [1.807, 2.05) is 24.3 Å². The number of carbonyl (C=O) groups excluding carboxylic acids is 1. The molecule has 4 aliphatic rings. The zero-order chi connectivity index (χ0) is 16.7. The van der Waals surface area contributed by atoms with E-state index in [9.17, 15) is 4.79 Å². The van der Waals surface area contributed by atoms with Crippen LogP contribution in [0.3, 0.4) is 0 Å². The first-order valence-corrected chi connectivity index (χ1v) is 9.64. The summed E-state index contributed by atoms with van der Waals surface area (Å²) < 4.78 is 5.88. The van der Waals surface area contributed by atoms with Gasteiger partial charge in [0, 0.05) is 11.8 Å². The van der Waals surface area contributed by atoms with E-state index in [0.29, 0.717) is 0 Å². The predicted molar refractivity (Wildman–Crippen MR) is 96.1 cm³/mol. The fourth-order valence-electron chi connectivity index (χ4n) is 5.62. The van der Waals surface area contributed by atoms with E-state index in [2.05, 4.69) is 19.2 Å². The Kier molecular flexibility index (Phi) is 4.06. The molecule has 0 saturated heterocycles. The number of nitrogens with one attached hydrogen (secondary N) is 1. The van der Waals surface area contributed by atoms with E-state index in [0.717, 1.165) is 54.9 Å². The van der Waals surface area contributed by atoms with E-state index >= 15 is 0 Å². The standard InChI is InChI=1S/C21H29NO2/c1-3-14(2)24-19-6-4-5-18(10-19)22-20(23)21-11-15-7-16(12-21)9-17(8-15)13-21/h4-6,10,14-17H,3,7-9,11-13H2,1-2H3,(H,22,23). The van der Waals surface area contributed by atoms with Crippen LogP contribution in [0.4, 0.5) is 5.69 Å². The molecule has 1 aromatic carbocycles. The molecule has 130 valence electrons. The normalized spacial score (nSPS) is 34.8. The van der Waals surface area contributed by atoms with Gasteiger partial charge in [-0.15, -0.1) is 0 Å². The van der Waals surface area contributed by atoms with Gasteiger partial charge in [-0.25, -0.2) is 0 Å². The molecule has 3 heteroatoms. The van der Waals surface area contributed by atoms with Crippen LogP contribution < -0.4 is 10.1 Å². The topological polar surface area (TPSA) is 38.3 Å². The zero-order valence-corrected chi connectivity index (χ0v) is 14.9. The molecule has 5 rings (SSSR count). The van der Waals surface area contributed by atoms with Gasteiger partial charge in [0.05, 0.1) is 11.5 Å². The second-order valence-electron chi connectivity index (χ2n) is 8.52. The molecule has 0 aliphatic heterocycles. The van der Waals surface area contributed by atoms with Crippen molar-refractivity contribution in [3.63, 3.8) is 0 Å². The van der Waals surface area contributed by atoms with Gasteiger partial charge >= 0.3 is 0 Å². The molecular formula is C21H29NO2. The molecule has 0 aromatic heterocycles. The van der Waals surface area contributed by atoms with Crippen molar-refractivity contribution >= 4 is 11.6 Å². The Hall–Kier alpha value is -1.51. The van der Waals surface area contributed by atoms with Crippen molar-refractivity contribution in [1.82, 2.24) is 0 Å². The van der Waals surface area contributed by atoms with Gasteiger partial charge in [0.15, 0.2) is 0 Å². The number of carbonyl (C=O) groups is 1. The minimum Gasteiger partial charge on any atom is -0.491 e. The lowest BCUT2D eigenvalue weighted by Gasteiger charge is -2.55. The number of benzene rings is 1. The average molecular weight is 327 g/mol. The van der Waals surface area contributed by atoms with Crippen LogP contribution in [0.25, 0.3) is 0 Å². The summed E-state index contributed by atoms with van der Waals surface area (Å²) in [5, 5.41) is 3.21. The van der Waals surface area contributed by atoms with E-state index in [1.54, 1.807) is 0 Å². The lowest BCUT2D eigenvalue weighted by Crippen LogP contribution is -2.51. The highest BCUT2D eigenvalue weighted by Crippen LogP contribution is 2.60. The molecule has 24 heavy (non-hydrogen) atoms. The second-order valence-corrected chi connectivity index (χ2v) is 8.52. The monoisotopic (exact) mass is 327 g/mol. The van der Waals surface area contributed by atoms with Gasteiger partial charge in [-0.05, 0) is 81.8 Å². The third-order valence-electron chi connectivity index (χ3n) is 6.52. The molecule has 1 atom stereocenters. The summed E-state index contributed by atoms with van der Waals surface area (Å²) in [4.78, 5) is 13.1.